The van der Waals surface area contributed by atoms with Crippen molar-refractivity contribution in [1.29, 1.82) is 0 Å². The molecule has 9 rings (SSSR count). The van der Waals surface area contributed by atoms with Crippen LogP contribution in [0.15, 0.2) is 127 Å². The summed E-state index contributed by atoms with van der Waals surface area (Å²) >= 11 is 0. The van der Waals surface area contributed by atoms with E-state index >= 15 is 0 Å². The Bertz CT molecular complexity index is 2040. The van der Waals surface area contributed by atoms with Gasteiger partial charge in [0.1, 0.15) is 0 Å². The third-order valence-corrected chi connectivity index (χ3v) is 8.05. The van der Waals surface area contributed by atoms with E-state index in [1.54, 1.807) is 0 Å². The Balaban J connectivity index is 1.12. The van der Waals surface area contributed by atoms with E-state index in [1.165, 1.54) is 0 Å². The molecule has 0 amide bonds. The van der Waals surface area contributed by atoms with Crippen molar-refractivity contribution in [2.45, 2.75) is 6.92 Å². The van der Waals surface area contributed by atoms with Gasteiger partial charge < -0.3 is 29.3 Å². The smallest absolute Gasteiger partial charge is 0.153 e. The fourth-order valence-electron chi connectivity index (χ4n) is 6.06. The number of ether oxygens (including phenoxy) is 3. The highest BCUT2D eigenvalue weighted by Gasteiger charge is 2.29. The van der Waals surface area contributed by atoms with E-state index in [4.69, 9.17) is 14.2 Å². The van der Waals surface area contributed by atoms with Gasteiger partial charge >= 0.3 is 0 Å². The minimum atomic E-state index is 0.752. The molecule has 0 unspecified atom stereocenters. The molecule has 0 spiro atoms. The van der Waals surface area contributed by atoms with Crippen LogP contribution in [0.25, 0.3) is 0 Å². The summed E-state index contributed by atoms with van der Waals surface area (Å²) in [6.07, 6.45) is 0. The van der Waals surface area contributed by atoms with Gasteiger partial charge in [-0.15, -0.1) is 0 Å². The fraction of sp³-hybridized carbons (Fsp3) is 0.0270. The Kier molecular flexibility index (Phi) is 5.01. The summed E-state index contributed by atoms with van der Waals surface area (Å²) in [6.45, 7) is 2.08. The van der Waals surface area contributed by atoms with Gasteiger partial charge in [0.2, 0.25) is 0 Å². The maximum atomic E-state index is 6.63. The molecule has 206 valence electrons. The topological polar surface area (TPSA) is 46.2 Å². The number of hydrogen-bond donors (Lipinski definition) is 1. The molecule has 0 atom stereocenters. The summed E-state index contributed by atoms with van der Waals surface area (Å²) in [5.74, 6) is 4.78. The van der Waals surface area contributed by atoms with Crippen LogP contribution in [0.4, 0.5) is 45.5 Å². The Labute approximate surface area is 248 Å². The molecule has 3 aliphatic heterocycles. The third-order valence-electron chi connectivity index (χ3n) is 8.05. The van der Waals surface area contributed by atoms with Crippen LogP contribution in [0.2, 0.25) is 0 Å². The minimum Gasteiger partial charge on any atom is -0.453 e. The van der Waals surface area contributed by atoms with Gasteiger partial charge in [0.25, 0.3) is 0 Å². The summed E-state index contributed by atoms with van der Waals surface area (Å²) in [6, 6.07) is 43.1. The summed E-state index contributed by atoms with van der Waals surface area (Å²) in [5.41, 5.74) is 8.86. The molecule has 0 aliphatic carbocycles. The number of hydrogen-bond acceptors (Lipinski definition) is 6. The average Bonchev–Trinajstić information content (AvgIpc) is 3.04. The maximum absolute atomic E-state index is 6.63. The zero-order valence-corrected chi connectivity index (χ0v) is 23.2. The largest absolute Gasteiger partial charge is 0.453 e. The number of aryl methyl sites for hydroxylation is 1. The molecule has 6 heteroatoms. The van der Waals surface area contributed by atoms with Crippen LogP contribution in [0.5, 0.6) is 34.5 Å². The van der Waals surface area contributed by atoms with Gasteiger partial charge in [-0.25, -0.2) is 0 Å². The zero-order chi connectivity index (χ0) is 28.5. The molecule has 0 saturated heterocycles. The van der Waals surface area contributed by atoms with Gasteiger partial charge in [0.05, 0.1) is 45.5 Å². The first-order chi connectivity index (χ1) is 21.2. The second-order valence-corrected chi connectivity index (χ2v) is 10.8. The molecular weight excluding hydrogens is 534 g/mol. The van der Waals surface area contributed by atoms with Crippen molar-refractivity contribution in [2.24, 2.45) is 0 Å². The predicted molar refractivity (Wildman–Crippen MR) is 170 cm³/mol. The highest BCUT2D eigenvalue weighted by Crippen LogP contribution is 2.54. The van der Waals surface area contributed by atoms with Crippen molar-refractivity contribution in [3.05, 3.63) is 133 Å². The minimum absolute atomic E-state index is 0.752. The van der Waals surface area contributed by atoms with E-state index < -0.39 is 0 Å². The molecule has 0 saturated carbocycles. The number of para-hydroxylation sites is 6. The second kappa shape index (κ2) is 9.06. The number of rotatable bonds is 2. The third kappa shape index (κ3) is 3.73. The van der Waals surface area contributed by atoms with Gasteiger partial charge in [-0.3, -0.25) is 0 Å². The summed E-state index contributed by atoms with van der Waals surface area (Å²) in [4.78, 5) is 4.44. The molecule has 3 aliphatic rings. The van der Waals surface area contributed by atoms with Crippen LogP contribution in [0.3, 0.4) is 0 Å². The zero-order valence-electron chi connectivity index (χ0n) is 23.2. The normalized spacial score (nSPS) is 13.4. The highest BCUT2D eigenvalue weighted by atomic mass is 16.5. The molecule has 0 radical (unpaired) electrons. The molecule has 43 heavy (non-hydrogen) atoms. The molecule has 0 aromatic heterocycles. The Morgan fingerprint density at radius 2 is 0.860 bits per heavy atom. The second-order valence-electron chi connectivity index (χ2n) is 10.8. The molecule has 1 N–H and O–H groups in total. The fourth-order valence-corrected chi connectivity index (χ4v) is 6.06. The number of nitrogens with one attached hydrogen (secondary N) is 1. The monoisotopic (exact) mass is 559 g/mol. The van der Waals surface area contributed by atoms with Crippen LogP contribution in [-0.2, 0) is 0 Å². The lowest BCUT2D eigenvalue weighted by molar-refractivity contribution is 0.474. The Hall–Kier alpha value is -5.88. The number of anilines is 8. The van der Waals surface area contributed by atoms with E-state index in [0.29, 0.717) is 0 Å². The van der Waals surface area contributed by atoms with Gasteiger partial charge in [-0.05, 0) is 85.3 Å². The van der Waals surface area contributed by atoms with Crippen molar-refractivity contribution < 1.29 is 14.2 Å². The van der Waals surface area contributed by atoms with Crippen LogP contribution >= 0.6 is 0 Å². The standard InChI is InChI=1S/C37H25N3O3/c1-23-14-19-31-37(20-23)42-34-13-7-4-10-30(34)40(31)25-16-18-27-36(22-25)43-35-21-24(15-17-26(35)38-27)39-28-8-2-5-11-32(28)41-33-12-6-3-9-29(33)39/h2-22,38H,1H3. The van der Waals surface area contributed by atoms with Crippen LogP contribution in [0, 0.1) is 6.92 Å². The van der Waals surface area contributed by atoms with E-state index in [1.807, 2.05) is 54.6 Å². The molecule has 6 aromatic carbocycles. The van der Waals surface area contributed by atoms with E-state index in [0.717, 1.165) is 85.6 Å². The number of fused-ring (bicyclic) bond motifs is 6. The van der Waals surface area contributed by atoms with Gasteiger partial charge in [-0.2, -0.15) is 0 Å². The summed E-state index contributed by atoms with van der Waals surface area (Å²) in [7, 11) is 0. The lowest BCUT2D eigenvalue weighted by Crippen LogP contribution is -2.16. The molecule has 3 heterocycles. The van der Waals surface area contributed by atoms with Crippen LogP contribution in [-0.4, -0.2) is 0 Å². The number of nitrogens with zero attached hydrogens (tertiary/aromatic N) is 2. The van der Waals surface area contributed by atoms with Crippen LogP contribution < -0.4 is 29.3 Å². The van der Waals surface area contributed by atoms with Crippen molar-refractivity contribution in [3.8, 4) is 34.5 Å². The summed E-state index contributed by atoms with van der Waals surface area (Å²) < 4.78 is 19.1. The lowest BCUT2D eigenvalue weighted by atomic mass is 10.1. The lowest BCUT2D eigenvalue weighted by Gasteiger charge is -2.34. The summed E-state index contributed by atoms with van der Waals surface area (Å²) in [5, 5.41) is 3.57. The molecule has 6 nitrogen and oxygen atoms in total. The highest BCUT2D eigenvalue weighted by molar-refractivity contribution is 5.90. The molecular formula is C37H25N3O3. The van der Waals surface area contributed by atoms with Gasteiger partial charge in [0.15, 0.2) is 34.5 Å². The van der Waals surface area contributed by atoms with Crippen molar-refractivity contribution in [1.82, 2.24) is 0 Å². The van der Waals surface area contributed by atoms with E-state index in [-0.39, 0.29) is 0 Å². The first-order valence-corrected chi connectivity index (χ1v) is 14.3. The SMILES string of the molecule is Cc1ccc2c(c1)Oc1ccccc1N2c1ccc2c(c1)Oc1cc(N3c4ccccc4Oc4ccccc43)ccc1N2. The first kappa shape index (κ1) is 23.8. The predicted octanol–water partition coefficient (Wildman–Crippen LogP) is 11.0. The number of benzene rings is 6. The van der Waals surface area contributed by atoms with Crippen molar-refractivity contribution >= 4 is 45.5 Å². The maximum Gasteiger partial charge on any atom is 0.153 e. The molecule has 6 aromatic rings. The average molecular weight is 560 g/mol. The van der Waals surface area contributed by atoms with Crippen molar-refractivity contribution in [2.75, 3.05) is 15.1 Å². The van der Waals surface area contributed by atoms with E-state index in [2.05, 4.69) is 94.8 Å². The molecule has 0 bridgehead atoms. The van der Waals surface area contributed by atoms with Gasteiger partial charge in [0, 0.05) is 12.1 Å². The first-order valence-electron chi connectivity index (χ1n) is 14.3. The van der Waals surface area contributed by atoms with Crippen LogP contribution in [0.1, 0.15) is 5.56 Å². The Morgan fingerprint density at radius 1 is 0.419 bits per heavy atom. The quantitative estimate of drug-likeness (QED) is 0.227. The molecule has 0 fully saturated rings. The van der Waals surface area contributed by atoms with Crippen molar-refractivity contribution in [3.63, 3.8) is 0 Å². The van der Waals surface area contributed by atoms with E-state index in [9.17, 15) is 0 Å². The Morgan fingerprint density at radius 3 is 1.40 bits per heavy atom. The van der Waals surface area contributed by atoms with Gasteiger partial charge in [-0.1, -0.05) is 42.5 Å².